The largest absolute Gasteiger partial charge is 0.493 e. The van der Waals surface area contributed by atoms with E-state index in [2.05, 4.69) is 41.0 Å². The molecule has 1 atom stereocenters. The standard InChI is InChI=1S/C19H23N3O2/c1-14(9-17-11-20-7-8-21-17)22(2)12-15-10-16-5-4-6-18(23-3)19(16)24-13-15/h4-8,10-11,14H,9,12-13H2,1-3H3. The second kappa shape index (κ2) is 7.45. The Morgan fingerprint density at radius 3 is 2.96 bits per heavy atom. The van der Waals surface area contributed by atoms with Gasteiger partial charge in [0.1, 0.15) is 6.61 Å². The molecule has 0 spiro atoms. The Kier molecular flexibility index (Phi) is 5.11. The molecule has 1 unspecified atom stereocenters. The van der Waals surface area contributed by atoms with Crippen molar-refractivity contribution in [3.63, 3.8) is 0 Å². The number of aromatic nitrogens is 2. The summed E-state index contributed by atoms with van der Waals surface area (Å²) in [6.07, 6.45) is 8.35. The molecule has 1 aromatic carbocycles. The van der Waals surface area contributed by atoms with Crippen LogP contribution in [0.3, 0.4) is 0 Å². The first-order valence-electron chi connectivity index (χ1n) is 8.11. The van der Waals surface area contributed by atoms with E-state index in [4.69, 9.17) is 9.47 Å². The summed E-state index contributed by atoms with van der Waals surface area (Å²) in [6, 6.07) is 6.34. The molecular weight excluding hydrogens is 302 g/mol. The van der Waals surface area contributed by atoms with Crippen molar-refractivity contribution in [3.8, 4) is 11.5 Å². The number of nitrogens with zero attached hydrogens (tertiary/aromatic N) is 3. The van der Waals surface area contributed by atoms with Crippen LogP contribution in [0.1, 0.15) is 18.2 Å². The fourth-order valence-electron chi connectivity index (χ4n) is 2.85. The van der Waals surface area contributed by atoms with Gasteiger partial charge in [-0.15, -0.1) is 0 Å². The molecule has 5 heteroatoms. The molecule has 0 bridgehead atoms. The highest BCUT2D eigenvalue weighted by Gasteiger charge is 2.18. The summed E-state index contributed by atoms with van der Waals surface area (Å²) in [5.41, 5.74) is 3.34. The second-order valence-corrected chi connectivity index (χ2v) is 6.13. The highest BCUT2D eigenvalue weighted by molar-refractivity contribution is 5.66. The van der Waals surface area contributed by atoms with E-state index in [9.17, 15) is 0 Å². The average Bonchev–Trinajstić information content (AvgIpc) is 2.61. The highest BCUT2D eigenvalue weighted by atomic mass is 16.5. The first-order valence-corrected chi connectivity index (χ1v) is 8.11. The minimum Gasteiger partial charge on any atom is -0.493 e. The minimum atomic E-state index is 0.370. The number of para-hydroxylation sites is 1. The van der Waals surface area contributed by atoms with Gasteiger partial charge < -0.3 is 9.47 Å². The van der Waals surface area contributed by atoms with Crippen molar-refractivity contribution in [1.82, 2.24) is 14.9 Å². The van der Waals surface area contributed by atoms with Gasteiger partial charge in [0.15, 0.2) is 11.5 Å². The van der Waals surface area contributed by atoms with Crippen molar-refractivity contribution in [1.29, 1.82) is 0 Å². The molecule has 0 amide bonds. The van der Waals surface area contributed by atoms with Crippen molar-refractivity contribution in [2.75, 3.05) is 27.3 Å². The first kappa shape index (κ1) is 16.5. The zero-order valence-corrected chi connectivity index (χ0v) is 14.4. The van der Waals surface area contributed by atoms with Crippen molar-refractivity contribution >= 4 is 6.08 Å². The Morgan fingerprint density at radius 1 is 1.33 bits per heavy atom. The zero-order chi connectivity index (χ0) is 16.9. The molecule has 0 fully saturated rings. The van der Waals surface area contributed by atoms with Crippen LogP contribution in [0, 0.1) is 0 Å². The average molecular weight is 325 g/mol. The van der Waals surface area contributed by atoms with Gasteiger partial charge in [0.25, 0.3) is 0 Å². The lowest BCUT2D eigenvalue weighted by Gasteiger charge is -2.27. The lowest BCUT2D eigenvalue weighted by Crippen LogP contribution is -2.34. The summed E-state index contributed by atoms with van der Waals surface area (Å²) >= 11 is 0. The van der Waals surface area contributed by atoms with Gasteiger partial charge in [0.2, 0.25) is 0 Å². The Bertz CT molecular complexity index is 716. The maximum atomic E-state index is 5.91. The van der Waals surface area contributed by atoms with Crippen LogP contribution in [0.5, 0.6) is 11.5 Å². The Morgan fingerprint density at radius 2 is 2.21 bits per heavy atom. The van der Waals surface area contributed by atoms with Crippen LogP contribution in [0.2, 0.25) is 0 Å². The van der Waals surface area contributed by atoms with Crippen LogP contribution in [0.4, 0.5) is 0 Å². The van der Waals surface area contributed by atoms with Gasteiger partial charge in [0, 0.05) is 43.2 Å². The monoisotopic (exact) mass is 325 g/mol. The molecule has 1 aromatic heterocycles. The normalized spacial score (nSPS) is 14.6. The molecule has 1 aliphatic rings. The fourth-order valence-corrected chi connectivity index (χ4v) is 2.85. The Balaban J connectivity index is 1.66. The van der Waals surface area contributed by atoms with E-state index in [-0.39, 0.29) is 0 Å². The Hall–Kier alpha value is -2.40. The van der Waals surface area contributed by atoms with Crippen molar-refractivity contribution in [3.05, 3.63) is 53.6 Å². The number of hydrogen-bond acceptors (Lipinski definition) is 5. The fraction of sp³-hybridized carbons (Fsp3) is 0.368. The second-order valence-electron chi connectivity index (χ2n) is 6.13. The van der Waals surface area contributed by atoms with Gasteiger partial charge in [0.05, 0.1) is 12.8 Å². The van der Waals surface area contributed by atoms with Gasteiger partial charge in [-0.2, -0.15) is 0 Å². The van der Waals surface area contributed by atoms with E-state index >= 15 is 0 Å². The van der Waals surface area contributed by atoms with Gasteiger partial charge in [-0.25, -0.2) is 0 Å². The molecule has 0 N–H and O–H groups in total. The van der Waals surface area contributed by atoms with Crippen molar-refractivity contribution < 1.29 is 9.47 Å². The Labute approximate surface area is 143 Å². The van der Waals surface area contributed by atoms with Crippen LogP contribution < -0.4 is 9.47 Å². The number of hydrogen-bond donors (Lipinski definition) is 0. The molecule has 2 aromatic rings. The maximum absolute atomic E-state index is 5.91. The number of fused-ring (bicyclic) bond motifs is 1. The number of benzene rings is 1. The lowest BCUT2D eigenvalue weighted by molar-refractivity contribution is 0.254. The highest BCUT2D eigenvalue weighted by Crippen LogP contribution is 2.35. The van der Waals surface area contributed by atoms with E-state index in [0.29, 0.717) is 12.6 Å². The van der Waals surface area contributed by atoms with Crippen LogP contribution in [0.15, 0.2) is 42.4 Å². The molecule has 24 heavy (non-hydrogen) atoms. The summed E-state index contributed by atoms with van der Waals surface area (Å²) in [4.78, 5) is 10.8. The summed E-state index contributed by atoms with van der Waals surface area (Å²) < 4.78 is 11.3. The molecule has 0 aliphatic carbocycles. The van der Waals surface area contributed by atoms with Crippen LogP contribution in [-0.2, 0) is 6.42 Å². The van der Waals surface area contributed by atoms with E-state index < -0.39 is 0 Å². The van der Waals surface area contributed by atoms with Crippen LogP contribution >= 0.6 is 0 Å². The van der Waals surface area contributed by atoms with E-state index in [1.54, 1.807) is 19.5 Å². The number of rotatable bonds is 6. The zero-order valence-electron chi connectivity index (χ0n) is 14.4. The SMILES string of the molecule is COc1cccc2c1OCC(CN(C)C(C)Cc1cnccn1)=C2. The molecular formula is C19H23N3O2. The number of methoxy groups -OCH3 is 1. The molecule has 2 heterocycles. The first-order chi connectivity index (χ1) is 11.7. The third-order valence-corrected chi connectivity index (χ3v) is 4.32. The molecule has 0 radical (unpaired) electrons. The molecule has 126 valence electrons. The van der Waals surface area contributed by atoms with Crippen molar-refractivity contribution in [2.24, 2.45) is 0 Å². The summed E-state index contributed by atoms with van der Waals surface area (Å²) in [7, 11) is 3.79. The smallest absolute Gasteiger partial charge is 0.168 e. The van der Waals surface area contributed by atoms with Gasteiger partial charge in [-0.05, 0) is 31.7 Å². The van der Waals surface area contributed by atoms with Gasteiger partial charge >= 0.3 is 0 Å². The maximum Gasteiger partial charge on any atom is 0.168 e. The van der Waals surface area contributed by atoms with E-state index in [1.807, 2.05) is 18.3 Å². The topological polar surface area (TPSA) is 47.5 Å². The number of likely N-dealkylation sites (N-methyl/N-ethyl adjacent to an activating group) is 1. The minimum absolute atomic E-state index is 0.370. The number of ether oxygens (including phenoxy) is 2. The van der Waals surface area contributed by atoms with Crippen LogP contribution in [0.25, 0.3) is 6.08 Å². The quantitative estimate of drug-likeness (QED) is 0.817. The third-order valence-electron chi connectivity index (χ3n) is 4.32. The lowest BCUT2D eigenvalue weighted by atomic mass is 10.1. The summed E-state index contributed by atoms with van der Waals surface area (Å²) in [5, 5.41) is 0. The molecule has 0 saturated carbocycles. The predicted octanol–water partition coefficient (Wildman–Crippen LogP) is 2.82. The predicted molar refractivity (Wildman–Crippen MR) is 94.3 cm³/mol. The van der Waals surface area contributed by atoms with Crippen molar-refractivity contribution in [2.45, 2.75) is 19.4 Å². The van der Waals surface area contributed by atoms with Gasteiger partial charge in [-0.3, -0.25) is 14.9 Å². The molecule has 5 nitrogen and oxygen atoms in total. The molecule has 0 saturated heterocycles. The molecule has 3 rings (SSSR count). The third kappa shape index (κ3) is 3.74. The van der Waals surface area contributed by atoms with E-state index in [1.165, 1.54) is 5.57 Å². The summed E-state index contributed by atoms with van der Waals surface area (Å²) in [5.74, 6) is 1.62. The van der Waals surface area contributed by atoms with E-state index in [0.717, 1.165) is 35.7 Å². The van der Waals surface area contributed by atoms with Gasteiger partial charge in [-0.1, -0.05) is 12.1 Å². The molecule has 1 aliphatic heterocycles. The summed E-state index contributed by atoms with van der Waals surface area (Å²) in [6.45, 7) is 3.66. The van der Waals surface area contributed by atoms with Crippen LogP contribution in [-0.4, -0.2) is 48.2 Å².